The molecule has 3 fully saturated rings. The lowest BCUT2D eigenvalue weighted by Gasteiger charge is -2.44. The van der Waals surface area contributed by atoms with Crippen LogP contribution in [0, 0.1) is 16.9 Å². The molecule has 0 spiro atoms. The van der Waals surface area contributed by atoms with Crippen molar-refractivity contribution < 1.29 is 37.7 Å². The first-order chi connectivity index (χ1) is 27.1. The second kappa shape index (κ2) is 17.2. The largest absolute Gasteiger partial charge is 0.619 e. The number of hydrogen-bond acceptors (Lipinski definition) is 8. The number of halogens is 3. The topological polar surface area (TPSA) is 104 Å². The van der Waals surface area contributed by atoms with E-state index in [1.54, 1.807) is 48.5 Å². The lowest BCUT2D eigenvalue weighted by molar-refractivity contribution is -0.605. The summed E-state index contributed by atoms with van der Waals surface area (Å²) in [5.41, 5.74) is 3.99. The highest BCUT2D eigenvalue weighted by Crippen LogP contribution is 2.36. The predicted octanol–water partition coefficient (Wildman–Crippen LogP) is 8.83. The number of para-hydroxylation sites is 1. The maximum absolute atomic E-state index is 15.0. The molecule has 0 saturated carbocycles. The number of ether oxygens (including phenoxy) is 4. The molecule has 2 atom stereocenters. The van der Waals surface area contributed by atoms with Gasteiger partial charge >= 0.3 is 12.1 Å². The van der Waals surface area contributed by atoms with E-state index in [1.165, 1.54) is 37.6 Å². The molecular formula is C43H40Cl2FN3O7. The van der Waals surface area contributed by atoms with Gasteiger partial charge in [-0.15, -0.1) is 0 Å². The van der Waals surface area contributed by atoms with Gasteiger partial charge in [0.15, 0.2) is 23.9 Å². The summed E-state index contributed by atoms with van der Waals surface area (Å²) in [5, 5.41) is 12.2. The fraction of sp³-hybridized carbons (Fsp3) is 0.279. The Morgan fingerprint density at radius 3 is 2.14 bits per heavy atom. The highest BCUT2D eigenvalue weighted by Gasteiger charge is 2.38. The SMILES string of the molecule is COc1ccc([C@H](Cc2c(Cl)c[n+]([O-])cc2Cl)OC(=O)c2ccc(-c3ccc(CN(C(=O)O[C@H]4CN5CCC4CC5)c4ccccc4F)cc3)cc2)cc1OC. The molecule has 0 aliphatic carbocycles. The first-order valence-electron chi connectivity index (χ1n) is 18.2. The first-order valence-corrected chi connectivity index (χ1v) is 19.0. The molecule has 3 saturated heterocycles. The van der Waals surface area contributed by atoms with Gasteiger partial charge in [-0.05, 0) is 90.5 Å². The van der Waals surface area contributed by atoms with E-state index in [0.29, 0.717) is 45.4 Å². The van der Waals surface area contributed by atoms with Gasteiger partial charge in [0.1, 0.15) is 28.1 Å². The Balaban J connectivity index is 1.06. The zero-order valence-corrected chi connectivity index (χ0v) is 32.3. The van der Waals surface area contributed by atoms with E-state index < -0.39 is 24.0 Å². The minimum atomic E-state index is -0.858. The molecule has 290 valence electrons. The zero-order valence-electron chi connectivity index (χ0n) is 30.8. The number of aromatic nitrogens is 1. The van der Waals surface area contributed by atoms with E-state index in [1.807, 2.05) is 36.4 Å². The van der Waals surface area contributed by atoms with Crippen molar-refractivity contribution in [3.05, 3.63) is 147 Å². The van der Waals surface area contributed by atoms with Gasteiger partial charge in [0, 0.05) is 18.5 Å². The van der Waals surface area contributed by atoms with Gasteiger partial charge in [0.2, 0.25) is 0 Å². The van der Waals surface area contributed by atoms with E-state index >= 15 is 4.39 Å². The fourth-order valence-electron chi connectivity index (χ4n) is 7.33. The van der Waals surface area contributed by atoms with Crippen LogP contribution in [-0.2, 0) is 22.4 Å². The number of hydrogen-bond donors (Lipinski definition) is 0. The van der Waals surface area contributed by atoms with Crippen molar-refractivity contribution in [2.45, 2.75) is 38.0 Å². The number of benzene rings is 4. The molecule has 0 N–H and O–H groups in total. The third-order valence-electron chi connectivity index (χ3n) is 10.4. The summed E-state index contributed by atoms with van der Waals surface area (Å²) < 4.78 is 38.5. The molecule has 56 heavy (non-hydrogen) atoms. The van der Waals surface area contributed by atoms with Crippen LogP contribution in [0.15, 0.2) is 103 Å². The zero-order chi connectivity index (χ0) is 39.3. The smallest absolute Gasteiger partial charge is 0.415 e. The maximum atomic E-state index is 15.0. The fourth-order valence-corrected chi connectivity index (χ4v) is 7.93. The van der Waals surface area contributed by atoms with Crippen LogP contribution in [0.2, 0.25) is 10.0 Å². The Morgan fingerprint density at radius 2 is 1.54 bits per heavy atom. The summed E-state index contributed by atoms with van der Waals surface area (Å²) in [6, 6.07) is 25.9. The van der Waals surface area contributed by atoms with Gasteiger partial charge in [-0.2, -0.15) is 4.73 Å². The van der Waals surface area contributed by atoms with Gasteiger partial charge in [0.05, 0.1) is 32.0 Å². The summed E-state index contributed by atoms with van der Waals surface area (Å²) in [7, 11) is 3.03. The molecular weight excluding hydrogens is 760 g/mol. The van der Waals surface area contributed by atoms with E-state index in [0.717, 1.165) is 42.6 Å². The van der Waals surface area contributed by atoms with Crippen molar-refractivity contribution in [3.8, 4) is 22.6 Å². The lowest BCUT2D eigenvalue weighted by Crippen LogP contribution is -2.53. The lowest BCUT2D eigenvalue weighted by atomic mass is 9.86. The summed E-state index contributed by atoms with van der Waals surface area (Å²) in [6.45, 7) is 2.85. The third kappa shape index (κ3) is 8.70. The number of carbonyl (C=O) groups excluding carboxylic acids is 2. The highest BCUT2D eigenvalue weighted by molar-refractivity contribution is 6.35. The molecule has 1 aromatic heterocycles. The van der Waals surface area contributed by atoms with Crippen LogP contribution in [0.4, 0.5) is 14.9 Å². The Hall–Kier alpha value is -5.36. The van der Waals surface area contributed by atoms with Crippen LogP contribution < -0.4 is 19.1 Å². The van der Waals surface area contributed by atoms with Gasteiger partial charge < -0.3 is 24.2 Å². The Morgan fingerprint density at radius 1 is 0.893 bits per heavy atom. The van der Waals surface area contributed by atoms with E-state index in [-0.39, 0.29) is 34.8 Å². The molecule has 13 heteroatoms. The number of amides is 1. The molecule has 10 nitrogen and oxygen atoms in total. The van der Waals surface area contributed by atoms with Gasteiger partial charge in [-0.3, -0.25) is 9.80 Å². The Bertz CT molecular complexity index is 2170. The quantitative estimate of drug-likeness (QED) is 0.0701. The monoisotopic (exact) mass is 799 g/mol. The van der Waals surface area contributed by atoms with Crippen LogP contribution in [0.1, 0.15) is 46.0 Å². The molecule has 2 bridgehead atoms. The van der Waals surface area contributed by atoms with Crippen molar-refractivity contribution in [3.63, 3.8) is 0 Å². The van der Waals surface area contributed by atoms with Gasteiger partial charge in [-0.1, -0.05) is 77.8 Å². The average molecular weight is 801 g/mol. The average Bonchev–Trinajstić information content (AvgIpc) is 3.21. The Labute approximate surface area is 334 Å². The molecule has 3 aliphatic heterocycles. The molecule has 0 radical (unpaired) electrons. The number of piperidine rings is 3. The summed E-state index contributed by atoms with van der Waals surface area (Å²) in [5.74, 6) is 0.158. The van der Waals surface area contributed by atoms with Crippen molar-refractivity contribution >= 4 is 41.0 Å². The second-order valence-corrected chi connectivity index (χ2v) is 14.7. The molecule has 4 heterocycles. The van der Waals surface area contributed by atoms with Gasteiger partial charge in [-0.25, -0.2) is 14.0 Å². The normalized spacial score (nSPS) is 17.8. The van der Waals surface area contributed by atoms with E-state index in [2.05, 4.69) is 4.90 Å². The van der Waals surface area contributed by atoms with Crippen LogP contribution in [0.3, 0.4) is 0 Å². The number of esters is 1. The number of pyridine rings is 1. The summed E-state index contributed by atoms with van der Waals surface area (Å²) in [4.78, 5) is 30.9. The van der Waals surface area contributed by atoms with Crippen molar-refractivity contribution in [1.29, 1.82) is 0 Å². The van der Waals surface area contributed by atoms with Crippen molar-refractivity contribution in [2.24, 2.45) is 5.92 Å². The minimum Gasteiger partial charge on any atom is -0.619 e. The summed E-state index contributed by atoms with van der Waals surface area (Å²) >= 11 is 12.8. The molecule has 4 aromatic carbocycles. The summed E-state index contributed by atoms with van der Waals surface area (Å²) in [6.07, 6.45) is 2.79. The van der Waals surface area contributed by atoms with Crippen molar-refractivity contribution in [1.82, 2.24) is 4.90 Å². The first kappa shape index (κ1) is 38.9. The second-order valence-electron chi connectivity index (χ2n) is 13.9. The number of methoxy groups -OCH3 is 2. The number of fused-ring (bicyclic) bond motifs is 3. The van der Waals surface area contributed by atoms with Crippen LogP contribution >= 0.6 is 23.2 Å². The number of anilines is 1. The van der Waals surface area contributed by atoms with Crippen LogP contribution in [0.5, 0.6) is 11.5 Å². The molecule has 1 amide bonds. The van der Waals surface area contributed by atoms with Gasteiger partial charge in [0.25, 0.3) is 0 Å². The van der Waals surface area contributed by atoms with E-state index in [4.69, 9.17) is 42.1 Å². The highest BCUT2D eigenvalue weighted by atomic mass is 35.5. The number of carbonyl (C=O) groups is 2. The predicted molar refractivity (Wildman–Crippen MR) is 211 cm³/mol. The Kier molecular flexibility index (Phi) is 11.9. The molecule has 3 aliphatic rings. The number of nitrogens with zero attached hydrogens (tertiary/aromatic N) is 3. The standard InChI is InChI=1S/C43H40Cl2FN3O7/c1-53-38-16-15-32(21-40(38)54-2)39(22-33-34(44)24-48(52)25-35(33)45)55-42(50)31-13-11-29(12-14-31)28-9-7-27(8-10-28)23-49(37-6-4-3-5-36(37)46)43(51)56-41-26-47-19-17-30(41)18-20-47/h3-16,21,24-25,30,39,41H,17-20,22-23,26H2,1-2H3/t39-,41-/m0/s1. The maximum Gasteiger partial charge on any atom is 0.415 e. The number of rotatable bonds is 12. The third-order valence-corrected chi connectivity index (χ3v) is 11.1. The molecule has 8 rings (SSSR count). The van der Waals surface area contributed by atoms with Crippen LogP contribution in [0.25, 0.3) is 11.1 Å². The van der Waals surface area contributed by atoms with Crippen molar-refractivity contribution in [2.75, 3.05) is 38.8 Å². The van der Waals surface area contributed by atoms with E-state index in [9.17, 15) is 14.8 Å². The van der Waals surface area contributed by atoms with Crippen LogP contribution in [-0.4, -0.2) is 56.9 Å². The molecule has 5 aromatic rings. The minimum absolute atomic E-state index is 0.0793. The molecule has 0 unspecified atom stereocenters.